The maximum atomic E-state index is 5.03. The Morgan fingerprint density at radius 2 is 1.78 bits per heavy atom. The molecule has 3 aromatic heterocycles. The van der Waals surface area contributed by atoms with Crippen molar-refractivity contribution in [1.29, 1.82) is 0 Å². The zero-order valence-corrected chi connectivity index (χ0v) is 18.7. The van der Waals surface area contributed by atoms with E-state index < -0.39 is 0 Å². The minimum absolute atomic E-state index is 0.332. The number of nitrogens with zero attached hydrogens (tertiary/aromatic N) is 8. The Kier molecular flexibility index (Phi) is 4.46. The van der Waals surface area contributed by atoms with Gasteiger partial charge in [-0.1, -0.05) is 12.1 Å². The fourth-order valence-corrected chi connectivity index (χ4v) is 4.79. The topological polar surface area (TPSA) is 89.6 Å². The Morgan fingerprint density at radius 3 is 2.53 bits per heavy atom. The second-order valence-electron chi connectivity index (χ2n) is 8.77. The third-order valence-corrected chi connectivity index (χ3v) is 6.54. The first-order valence-electron chi connectivity index (χ1n) is 11.2. The smallest absolute Gasteiger partial charge is 0.227 e. The van der Waals surface area contributed by atoms with Gasteiger partial charge in [-0.25, -0.2) is 15.0 Å². The number of aromatic nitrogens is 7. The number of nitrogens with one attached hydrogen (secondary N) is 1. The molecule has 0 radical (unpaired) electrons. The molecule has 9 heteroatoms. The van der Waals surface area contributed by atoms with Crippen LogP contribution in [0.5, 0.6) is 0 Å². The molecule has 4 aromatic rings. The van der Waals surface area contributed by atoms with Crippen molar-refractivity contribution in [2.45, 2.75) is 32.1 Å². The summed E-state index contributed by atoms with van der Waals surface area (Å²) in [6, 6.07) is 10.4. The van der Waals surface area contributed by atoms with Gasteiger partial charge in [0.1, 0.15) is 17.5 Å². The molecule has 0 bridgehead atoms. The lowest BCUT2D eigenvalue weighted by Gasteiger charge is -2.28. The fourth-order valence-electron chi connectivity index (χ4n) is 4.79. The van der Waals surface area contributed by atoms with Gasteiger partial charge in [0, 0.05) is 51.1 Å². The average Bonchev–Trinajstić information content (AvgIpc) is 3.44. The van der Waals surface area contributed by atoms with Gasteiger partial charge in [-0.15, -0.1) is 5.10 Å². The molecule has 1 aliphatic heterocycles. The third-order valence-electron chi connectivity index (χ3n) is 6.54. The summed E-state index contributed by atoms with van der Waals surface area (Å²) < 4.78 is 4.06. The van der Waals surface area contributed by atoms with E-state index in [1.807, 2.05) is 24.6 Å². The highest BCUT2D eigenvalue weighted by Gasteiger charge is 2.44. The van der Waals surface area contributed by atoms with Gasteiger partial charge >= 0.3 is 0 Å². The van der Waals surface area contributed by atoms with Crippen molar-refractivity contribution in [3.8, 4) is 5.82 Å². The number of anilines is 1. The highest BCUT2D eigenvalue weighted by Crippen LogP contribution is 2.54. The lowest BCUT2D eigenvalue weighted by atomic mass is 10.2. The van der Waals surface area contributed by atoms with Gasteiger partial charge in [0.05, 0.1) is 16.7 Å². The van der Waals surface area contributed by atoms with E-state index in [0.717, 1.165) is 73.0 Å². The number of imidazole rings is 1. The van der Waals surface area contributed by atoms with Crippen molar-refractivity contribution in [1.82, 2.24) is 39.6 Å². The zero-order valence-electron chi connectivity index (χ0n) is 18.7. The molecule has 1 saturated heterocycles. The molecule has 0 spiro atoms. The zero-order chi connectivity index (χ0) is 21.8. The highest BCUT2D eigenvalue weighted by molar-refractivity contribution is 5.76. The largest absolute Gasteiger partial charge is 0.338 e. The quantitative estimate of drug-likeness (QED) is 0.532. The Hall–Kier alpha value is -3.33. The molecule has 1 aromatic carbocycles. The fraction of sp³-hybridized carbons (Fsp3) is 0.435. The molecule has 1 N–H and O–H groups in total. The standard InChI is InChI=1S/C23H27N9/c1-14-25-15(2)32(29-14)21-13-19(27-23(28-21)31-10-8-24-9-11-31)16-12-17(16)22-26-18-6-4-5-7-20(18)30(22)3/h4-7,13,16-17,24H,8-12H2,1-3H3. The predicted molar refractivity (Wildman–Crippen MR) is 122 cm³/mol. The molecule has 164 valence electrons. The molecule has 6 rings (SSSR count). The van der Waals surface area contributed by atoms with Gasteiger partial charge in [-0.3, -0.25) is 0 Å². The van der Waals surface area contributed by atoms with Crippen LogP contribution >= 0.6 is 0 Å². The lowest BCUT2D eigenvalue weighted by molar-refractivity contribution is 0.577. The number of piperazine rings is 1. The lowest BCUT2D eigenvalue weighted by Crippen LogP contribution is -2.44. The number of hydrogen-bond donors (Lipinski definition) is 1. The second kappa shape index (κ2) is 7.37. The number of rotatable bonds is 4. The van der Waals surface area contributed by atoms with E-state index in [1.165, 1.54) is 5.52 Å². The van der Waals surface area contributed by atoms with E-state index in [1.54, 1.807) is 0 Å². The first kappa shape index (κ1) is 19.4. The molecule has 1 aliphatic carbocycles. The second-order valence-corrected chi connectivity index (χ2v) is 8.77. The van der Waals surface area contributed by atoms with Gasteiger partial charge in [0.15, 0.2) is 5.82 Å². The van der Waals surface area contributed by atoms with Gasteiger partial charge in [-0.2, -0.15) is 9.67 Å². The van der Waals surface area contributed by atoms with Crippen LogP contribution in [0.15, 0.2) is 30.3 Å². The number of para-hydroxylation sites is 2. The third kappa shape index (κ3) is 3.24. The van der Waals surface area contributed by atoms with E-state index in [9.17, 15) is 0 Å². The van der Waals surface area contributed by atoms with E-state index in [0.29, 0.717) is 11.8 Å². The van der Waals surface area contributed by atoms with Crippen molar-refractivity contribution < 1.29 is 0 Å². The highest BCUT2D eigenvalue weighted by atomic mass is 15.4. The Morgan fingerprint density at radius 1 is 0.969 bits per heavy atom. The van der Waals surface area contributed by atoms with E-state index >= 15 is 0 Å². The van der Waals surface area contributed by atoms with Crippen molar-refractivity contribution in [3.63, 3.8) is 0 Å². The Bertz CT molecular complexity index is 1300. The summed E-state index contributed by atoms with van der Waals surface area (Å²) in [6.07, 6.45) is 1.05. The number of benzene rings is 1. The minimum atomic E-state index is 0.332. The Balaban J connectivity index is 1.39. The normalized spacial score (nSPS) is 20.8. The molecule has 4 heterocycles. The van der Waals surface area contributed by atoms with Crippen LogP contribution in [0.25, 0.3) is 16.9 Å². The van der Waals surface area contributed by atoms with Crippen molar-refractivity contribution in [2.75, 3.05) is 31.1 Å². The predicted octanol–water partition coefficient (Wildman–Crippen LogP) is 2.24. The van der Waals surface area contributed by atoms with Crippen LogP contribution in [0.4, 0.5) is 5.95 Å². The summed E-state index contributed by atoms with van der Waals surface area (Å²) in [6.45, 7) is 7.55. The molecule has 2 unspecified atom stereocenters. The number of hydrogen-bond acceptors (Lipinski definition) is 7. The van der Waals surface area contributed by atoms with Crippen molar-refractivity contribution in [2.24, 2.45) is 7.05 Å². The first-order chi connectivity index (χ1) is 15.6. The minimum Gasteiger partial charge on any atom is -0.338 e. The summed E-state index contributed by atoms with van der Waals surface area (Å²) >= 11 is 0. The molecule has 2 aliphatic rings. The summed E-state index contributed by atoms with van der Waals surface area (Å²) in [5.74, 6) is 4.98. The van der Waals surface area contributed by atoms with E-state index in [-0.39, 0.29) is 0 Å². The van der Waals surface area contributed by atoms with Gasteiger partial charge in [0.2, 0.25) is 5.95 Å². The van der Waals surface area contributed by atoms with Gasteiger partial charge < -0.3 is 14.8 Å². The van der Waals surface area contributed by atoms with Crippen molar-refractivity contribution in [3.05, 3.63) is 53.5 Å². The maximum Gasteiger partial charge on any atom is 0.227 e. The first-order valence-corrected chi connectivity index (χ1v) is 11.2. The number of aryl methyl sites for hydroxylation is 3. The van der Waals surface area contributed by atoms with Crippen LogP contribution in [-0.4, -0.2) is 60.5 Å². The van der Waals surface area contributed by atoms with Gasteiger partial charge in [0.25, 0.3) is 0 Å². The SMILES string of the molecule is Cc1nc(C)n(-c2cc(C3CC3c3nc4ccccc4n3C)nc(N3CCNCC3)n2)n1. The average molecular weight is 430 g/mol. The summed E-state index contributed by atoms with van der Waals surface area (Å²) in [4.78, 5) is 21.6. The van der Waals surface area contributed by atoms with Crippen LogP contribution < -0.4 is 10.2 Å². The molecule has 2 fully saturated rings. The molecule has 1 saturated carbocycles. The monoisotopic (exact) mass is 429 g/mol. The van der Waals surface area contributed by atoms with E-state index in [4.69, 9.17) is 15.0 Å². The molecule has 32 heavy (non-hydrogen) atoms. The number of fused-ring (bicyclic) bond motifs is 1. The molecule has 2 atom stereocenters. The van der Waals surface area contributed by atoms with Crippen LogP contribution in [-0.2, 0) is 7.05 Å². The van der Waals surface area contributed by atoms with E-state index in [2.05, 4.69) is 56.2 Å². The summed E-state index contributed by atoms with van der Waals surface area (Å²) in [5, 5.41) is 7.98. The molecule has 9 nitrogen and oxygen atoms in total. The summed E-state index contributed by atoms with van der Waals surface area (Å²) in [7, 11) is 2.11. The Labute approximate surface area is 186 Å². The molecular formula is C23H27N9. The van der Waals surface area contributed by atoms with Gasteiger partial charge in [-0.05, 0) is 32.4 Å². The van der Waals surface area contributed by atoms with Crippen LogP contribution in [0.1, 0.15) is 41.4 Å². The summed E-state index contributed by atoms with van der Waals surface area (Å²) in [5.41, 5.74) is 3.29. The van der Waals surface area contributed by atoms with Crippen LogP contribution in [0.3, 0.4) is 0 Å². The van der Waals surface area contributed by atoms with Crippen LogP contribution in [0.2, 0.25) is 0 Å². The van der Waals surface area contributed by atoms with Crippen molar-refractivity contribution >= 4 is 17.0 Å². The maximum absolute atomic E-state index is 5.03. The molecule has 0 amide bonds. The molecular weight excluding hydrogens is 402 g/mol. The van der Waals surface area contributed by atoms with Crippen LogP contribution in [0, 0.1) is 13.8 Å².